The summed E-state index contributed by atoms with van der Waals surface area (Å²) in [5.41, 5.74) is 1.49. The fourth-order valence-electron chi connectivity index (χ4n) is 1.01. The van der Waals surface area contributed by atoms with Crippen LogP contribution in [-0.4, -0.2) is 28.7 Å². The van der Waals surface area contributed by atoms with E-state index >= 15 is 0 Å². The topological polar surface area (TPSA) is 38.9 Å². The van der Waals surface area contributed by atoms with Crippen molar-refractivity contribution in [2.45, 2.75) is 5.22 Å². The van der Waals surface area contributed by atoms with Crippen LogP contribution in [0.25, 0.3) is 11.2 Å². The molecule has 4 heteroatoms. The highest BCUT2D eigenvalue weighted by Gasteiger charge is 2.15. The van der Waals surface area contributed by atoms with Crippen LogP contribution in [-0.2, 0) is 0 Å². The normalized spacial score (nSPS) is 13.5. The Morgan fingerprint density at radius 3 is 2.69 bits per heavy atom. The van der Waals surface area contributed by atoms with Crippen LogP contribution in [0.3, 0.4) is 0 Å². The molecule has 0 bridgehead atoms. The number of aromatic nitrogens is 2. The maximum Gasteiger partial charge on any atom is 0.247 e. The standard InChI is InChI=1S/C9H12N2OS/c1-13(2,3)9-11-7-5-4-6-10-8(7)12-9/h4-6H,1-3H3. The molecule has 70 valence electrons. The molecule has 0 amide bonds. The van der Waals surface area contributed by atoms with Crippen LogP contribution in [0.1, 0.15) is 0 Å². The lowest BCUT2D eigenvalue weighted by Gasteiger charge is -2.18. The number of oxazole rings is 1. The maximum atomic E-state index is 5.55. The van der Waals surface area contributed by atoms with E-state index in [4.69, 9.17) is 4.42 Å². The summed E-state index contributed by atoms with van der Waals surface area (Å²) in [6, 6.07) is 3.78. The van der Waals surface area contributed by atoms with Crippen LogP contribution < -0.4 is 0 Å². The molecule has 2 rings (SSSR count). The van der Waals surface area contributed by atoms with E-state index < -0.39 is 10.0 Å². The van der Waals surface area contributed by atoms with E-state index in [2.05, 4.69) is 28.7 Å². The van der Waals surface area contributed by atoms with E-state index in [0.29, 0.717) is 5.71 Å². The monoisotopic (exact) mass is 196 g/mol. The lowest BCUT2D eigenvalue weighted by Crippen LogP contribution is -1.91. The summed E-state index contributed by atoms with van der Waals surface area (Å²) in [6.07, 6.45) is 8.17. The Kier molecular flexibility index (Phi) is 1.80. The highest BCUT2D eigenvalue weighted by molar-refractivity contribution is 8.32. The average Bonchev–Trinajstić information content (AvgIpc) is 2.45. The van der Waals surface area contributed by atoms with Crippen molar-refractivity contribution in [2.24, 2.45) is 0 Å². The number of nitrogens with zero attached hydrogens (tertiary/aromatic N) is 2. The van der Waals surface area contributed by atoms with E-state index in [1.165, 1.54) is 0 Å². The Bertz CT molecular complexity index is 397. The van der Waals surface area contributed by atoms with Crippen LogP contribution in [0.5, 0.6) is 0 Å². The van der Waals surface area contributed by atoms with Gasteiger partial charge in [-0.1, -0.05) is 0 Å². The van der Waals surface area contributed by atoms with Gasteiger partial charge in [0, 0.05) is 6.20 Å². The van der Waals surface area contributed by atoms with Crippen molar-refractivity contribution in [1.82, 2.24) is 9.97 Å². The first-order valence-electron chi connectivity index (χ1n) is 3.97. The van der Waals surface area contributed by atoms with Crippen molar-refractivity contribution >= 4 is 21.3 Å². The second-order valence-corrected chi connectivity index (χ2v) is 7.67. The molecule has 0 N–H and O–H groups in total. The Hall–Kier alpha value is -1.03. The molecule has 0 atom stereocenters. The van der Waals surface area contributed by atoms with Gasteiger partial charge in [-0.3, -0.25) is 0 Å². The molecule has 0 aliphatic heterocycles. The van der Waals surface area contributed by atoms with Crippen molar-refractivity contribution in [1.29, 1.82) is 0 Å². The minimum atomic E-state index is -0.882. The first kappa shape index (κ1) is 8.56. The van der Waals surface area contributed by atoms with E-state index in [9.17, 15) is 0 Å². The number of fused-ring (bicyclic) bond motifs is 1. The first-order chi connectivity index (χ1) is 6.07. The second kappa shape index (κ2) is 2.73. The van der Waals surface area contributed by atoms with Crippen molar-refractivity contribution in [2.75, 3.05) is 18.8 Å². The summed E-state index contributed by atoms with van der Waals surface area (Å²) in [4.78, 5) is 8.49. The van der Waals surface area contributed by atoms with Gasteiger partial charge in [-0.2, -0.15) is 10.0 Å². The molecule has 0 saturated carbocycles. The third kappa shape index (κ3) is 1.54. The van der Waals surface area contributed by atoms with Crippen molar-refractivity contribution in [3.8, 4) is 0 Å². The smallest absolute Gasteiger partial charge is 0.247 e. The predicted molar refractivity (Wildman–Crippen MR) is 55.4 cm³/mol. The SMILES string of the molecule is CS(C)(C)c1nc2cccnc2o1. The molecule has 0 unspecified atom stereocenters. The molecule has 0 fully saturated rings. The largest absolute Gasteiger partial charge is 0.414 e. The highest BCUT2D eigenvalue weighted by Crippen LogP contribution is 2.44. The molecule has 2 aromatic heterocycles. The molecule has 2 heterocycles. The number of hydrogen-bond donors (Lipinski definition) is 0. The van der Waals surface area contributed by atoms with Crippen LogP contribution >= 0.6 is 10.0 Å². The number of hydrogen-bond acceptors (Lipinski definition) is 3. The summed E-state index contributed by atoms with van der Waals surface area (Å²) in [5.74, 6) is 0. The zero-order valence-corrected chi connectivity index (χ0v) is 8.76. The third-order valence-electron chi connectivity index (χ3n) is 1.67. The Labute approximate surface area is 78.5 Å². The lowest BCUT2D eigenvalue weighted by atomic mass is 10.5. The van der Waals surface area contributed by atoms with Crippen LogP contribution in [0.2, 0.25) is 0 Å². The van der Waals surface area contributed by atoms with Gasteiger partial charge in [-0.25, -0.2) is 9.97 Å². The summed E-state index contributed by atoms with van der Waals surface area (Å²) < 4.78 is 5.55. The van der Waals surface area contributed by atoms with Gasteiger partial charge in [0.1, 0.15) is 5.52 Å². The molecular formula is C9H12N2OS. The molecular weight excluding hydrogens is 184 g/mol. The molecule has 0 saturated heterocycles. The van der Waals surface area contributed by atoms with Crippen molar-refractivity contribution in [3.05, 3.63) is 18.3 Å². The lowest BCUT2D eigenvalue weighted by molar-refractivity contribution is 0.478. The van der Waals surface area contributed by atoms with Crippen LogP contribution in [0.15, 0.2) is 28.0 Å². The van der Waals surface area contributed by atoms with Gasteiger partial charge in [-0.05, 0) is 30.9 Å². The van der Waals surface area contributed by atoms with Crippen molar-refractivity contribution < 1.29 is 4.42 Å². The van der Waals surface area contributed by atoms with E-state index in [-0.39, 0.29) is 0 Å². The molecule has 0 aromatic carbocycles. The first-order valence-corrected chi connectivity index (χ1v) is 6.83. The third-order valence-corrected chi connectivity index (χ3v) is 2.89. The molecule has 2 aromatic rings. The Morgan fingerprint density at radius 2 is 2.08 bits per heavy atom. The van der Waals surface area contributed by atoms with E-state index in [1.807, 2.05) is 12.1 Å². The fourth-order valence-corrected chi connectivity index (χ4v) is 1.71. The molecule has 0 radical (unpaired) electrons. The van der Waals surface area contributed by atoms with Crippen LogP contribution in [0.4, 0.5) is 0 Å². The minimum absolute atomic E-state index is 0.639. The number of rotatable bonds is 1. The quantitative estimate of drug-likeness (QED) is 0.702. The summed E-state index contributed by atoms with van der Waals surface area (Å²) in [7, 11) is -0.882. The molecule has 3 nitrogen and oxygen atoms in total. The average molecular weight is 196 g/mol. The van der Waals surface area contributed by atoms with E-state index in [0.717, 1.165) is 10.7 Å². The van der Waals surface area contributed by atoms with Gasteiger partial charge in [0.2, 0.25) is 10.9 Å². The Morgan fingerprint density at radius 1 is 1.31 bits per heavy atom. The fraction of sp³-hybridized carbons (Fsp3) is 0.333. The minimum Gasteiger partial charge on any atom is -0.414 e. The van der Waals surface area contributed by atoms with Gasteiger partial charge in [-0.15, -0.1) is 0 Å². The summed E-state index contributed by atoms with van der Waals surface area (Å²) in [5, 5.41) is 0.821. The predicted octanol–water partition coefficient (Wildman–Crippen LogP) is 2.28. The molecule has 0 aliphatic rings. The zero-order valence-electron chi connectivity index (χ0n) is 7.94. The Balaban J connectivity index is 2.63. The highest BCUT2D eigenvalue weighted by atomic mass is 32.3. The van der Waals surface area contributed by atoms with Gasteiger partial charge in [0.05, 0.1) is 0 Å². The molecule has 0 spiro atoms. The number of pyridine rings is 1. The van der Waals surface area contributed by atoms with Gasteiger partial charge >= 0.3 is 0 Å². The van der Waals surface area contributed by atoms with Crippen molar-refractivity contribution in [3.63, 3.8) is 0 Å². The van der Waals surface area contributed by atoms with Gasteiger partial charge < -0.3 is 4.42 Å². The second-order valence-electron chi connectivity index (χ2n) is 3.64. The molecule has 0 aliphatic carbocycles. The maximum absolute atomic E-state index is 5.55. The molecule has 13 heavy (non-hydrogen) atoms. The van der Waals surface area contributed by atoms with Gasteiger partial charge in [0.15, 0.2) is 0 Å². The summed E-state index contributed by atoms with van der Waals surface area (Å²) in [6.45, 7) is 0. The summed E-state index contributed by atoms with van der Waals surface area (Å²) >= 11 is 0. The zero-order chi connectivity index (χ0) is 9.47. The van der Waals surface area contributed by atoms with Gasteiger partial charge in [0.25, 0.3) is 0 Å². The van der Waals surface area contributed by atoms with Crippen LogP contribution in [0, 0.1) is 0 Å². The van der Waals surface area contributed by atoms with E-state index in [1.54, 1.807) is 6.20 Å².